The average Bonchev–Trinajstić information content (AvgIpc) is 3.66. The number of allylic oxidation sites excluding steroid dienone is 4. The van der Waals surface area contributed by atoms with Crippen molar-refractivity contribution in [3.05, 3.63) is 216 Å². The molecule has 7 aromatic rings. The molecule has 1 nitrogen and oxygen atoms in total. The molecule has 7 aromatic carbocycles. The molecule has 3 aliphatic rings. The number of anilines is 3. The number of benzene rings is 7. The number of hydrogen-bond acceptors (Lipinski definition) is 1. The van der Waals surface area contributed by atoms with Gasteiger partial charge in [0.05, 0.1) is 11.1 Å². The molecule has 3 aliphatic carbocycles. The molecule has 50 heavy (non-hydrogen) atoms. The van der Waals surface area contributed by atoms with Crippen LogP contribution in [-0.4, -0.2) is 0 Å². The molecule has 0 fully saturated rings. The maximum absolute atomic E-state index is 2.50. The fourth-order valence-electron chi connectivity index (χ4n) is 8.91. The summed E-state index contributed by atoms with van der Waals surface area (Å²) in [6.45, 7) is 0. The summed E-state index contributed by atoms with van der Waals surface area (Å²) in [5, 5.41) is 0. The van der Waals surface area contributed by atoms with Gasteiger partial charge in [0, 0.05) is 16.9 Å². The van der Waals surface area contributed by atoms with Crippen molar-refractivity contribution in [2.75, 3.05) is 4.90 Å². The molecule has 1 heteroatoms. The Labute approximate surface area is 294 Å². The van der Waals surface area contributed by atoms with Crippen LogP contribution in [0.25, 0.3) is 39.0 Å². The second kappa shape index (κ2) is 11.5. The lowest BCUT2D eigenvalue weighted by atomic mass is 9.69. The summed E-state index contributed by atoms with van der Waals surface area (Å²) in [5.41, 5.74) is 19.0. The predicted molar refractivity (Wildman–Crippen MR) is 209 cm³/mol. The molecule has 0 N–H and O–H groups in total. The zero-order chi connectivity index (χ0) is 33.1. The molecular formula is C49H35N. The maximum Gasteiger partial charge on any atom is 0.0722 e. The van der Waals surface area contributed by atoms with Crippen LogP contribution in [-0.2, 0) is 5.41 Å². The van der Waals surface area contributed by atoms with E-state index in [9.17, 15) is 0 Å². The van der Waals surface area contributed by atoms with Crippen LogP contribution in [0.2, 0.25) is 0 Å². The van der Waals surface area contributed by atoms with E-state index in [2.05, 4.69) is 193 Å². The third kappa shape index (κ3) is 4.20. The van der Waals surface area contributed by atoms with Gasteiger partial charge >= 0.3 is 0 Å². The second-order valence-corrected chi connectivity index (χ2v) is 13.5. The van der Waals surface area contributed by atoms with E-state index in [1.54, 1.807) is 0 Å². The summed E-state index contributed by atoms with van der Waals surface area (Å²) in [5.74, 6) is 0. The first kappa shape index (κ1) is 28.8. The van der Waals surface area contributed by atoms with Crippen molar-refractivity contribution in [1.82, 2.24) is 0 Å². The molecule has 10 rings (SSSR count). The minimum Gasteiger partial charge on any atom is -0.310 e. The van der Waals surface area contributed by atoms with E-state index in [4.69, 9.17) is 0 Å². The molecule has 0 saturated heterocycles. The van der Waals surface area contributed by atoms with E-state index in [0.29, 0.717) is 0 Å². The van der Waals surface area contributed by atoms with Gasteiger partial charge in [0.1, 0.15) is 0 Å². The van der Waals surface area contributed by atoms with Crippen LogP contribution in [0.1, 0.15) is 35.1 Å². The Bertz CT molecular complexity index is 2490. The van der Waals surface area contributed by atoms with Crippen molar-refractivity contribution in [3.8, 4) is 33.4 Å². The van der Waals surface area contributed by atoms with Gasteiger partial charge in [0.25, 0.3) is 0 Å². The summed E-state index contributed by atoms with van der Waals surface area (Å²) in [7, 11) is 0. The van der Waals surface area contributed by atoms with E-state index in [1.165, 1.54) is 66.8 Å². The van der Waals surface area contributed by atoms with Crippen LogP contribution in [0, 0.1) is 0 Å². The van der Waals surface area contributed by atoms with E-state index in [0.717, 1.165) is 29.9 Å². The third-order valence-corrected chi connectivity index (χ3v) is 11.0. The first-order valence-electron chi connectivity index (χ1n) is 17.7. The quantitative estimate of drug-likeness (QED) is 0.182. The SMILES string of the molecule is C1=CC2=C(CC1)c1ccccc1C21c2ccccc2-c2ccc(N(c3cccc(-c4ccccc4)c3)c3ccccc3-c3ccccc3)cc21. The lowest BCUT2D eigenvalue weighted by Gasteiger charge is -2.34. The lowest BCUT2D eigenvalue weighted by Crippen LogP contribution is -2.27. The largest absolute Gasteiger partial charge is 0.310 e. The highest BCUT2D eigenvalue weighted by molar-refractivity contribution is 5.98. The van der Waals surface area contributed by atoms with Gasteiger partial charge < -0.3 is 4.90 Å². The van der Waals surface area contributed by atoms with Crippen LogP contribution in [0.3, 0.4) is 0 Å². The van der Waals surface area contributed by atoms with Crippen molar-refractivity contribution < 1.29 is 0 Å². The van der Waals surface area contributed by atoms with Crippen molar-refractivity contribution in [2.24, 2.45) is 0 Å². The zero-order valence-corrected chi connectivity index (χ0v) is 27.8. The molecule has 0 aliphatic heterocycles. The molecule has 236 valence electrons. The molecule has 0 amide bonds. The maximum atomic E-state index is 2.50. The number of fused-ring (bicyclic) bond motifs is 9. The Morgan fingerprint density at radius 3 is 1.82 bits per heavy atom. The molecule has 1 atom stereocenters. The third-order valence-electron chi connectivity index (χ3n) is 11.0. The highest BCUT2D eigenvalue weighted by Gasteiger charge is 2.52. The molecular weight excluding hydrogens is 603 g/mol. The van der Waals surface area contributed by atoms with Gasteiger partial charge in [-0.05, 0) is 104 Å². The minimum atomic E-state index is -0.360. The van der Waals surface area contributed by atoms with Crippen molar-refractivity contribution >= 4 is 22.6 Å². The molecule has 0 bridgehead atoms. The fourth-order valence-corrected chi connectivity index (χ4v) is 8.91. The van der Waals surface area contributed by atoms with Crippen LogP contribution < -0.4 is 4.90 Å². The summed E-state index contributed by atoms with van der Waals surface area (Å²) in [6, 6.07) is 64.8. The highest BCUT2D eigenvalue weighted by atomic mass is 15.1. The summed E-state index contributed by atoms with van der Waals surface area (Å²) >= 11 is 0. The van der Waals surface area contributed by atoms with Gasteiger partial charge in [0.2, 0.25) is 0 Å². The molecule has 0 saturated carbocycles. The van der Waals surface area contributed by atoms with Gasteiger partial charge in [-0.15, -0.1) is 0 Å². The number of nitrogens with zero attached hydrogens (tertiary/aromatic N) is 1. The van der Waals surface area contributed by atoms with Gasteiger partial charge in [0.15, 0.2) is 0 Å². The van der Waals surface area contributed by atoms with Crippen LogP contribution in [0.5, 0.6) is 0 Å². The minimum absolute atomic E-state index is 0.360. The normalized spacial score (nSPS) is 16.6. The number of rotatable bonds is 5. The van der Waals surface area contributed by atoms with Gasteiger partial charge in [-0.25, -0.2) is 0 Å². The van der Waals surface area contributed by atoms with Crippen molar-refractivity contribution in [2.45, 2.75) is 18.3 Å². The van der Waals surface area contributed by atoms with Gasteiger partial charge in [-0.2, -0.15) is 0 Å². The van der Waals surface area contributed by atoms with Gasteiger partial charge in [-0.1, -0.05) is 158 Å². The monoisotopic (exact) mass is 637 g/mol. The standard InChI is InChI=1S/C49H35N/c1-3-16-34(17-4-1)36-20-15-21-37(32-36)50(48-29-14-10-22-39(48)35-18-5-2-6-19-35)38-30-31-43-42-25-9-13-28-46(42)49(47(43)33-38)44-26-11-7-23-40(44)41-24-8-12-27-45(41)49/h1-7,9-23,25-33H,8,24H2. The Hall–Kier alpha value is -6.18. The van der Waals surface area contributed by atoms with Crippen LogP contribution in [0.15, 0.2) is 194 Å². The molecule has 1 unspecified atom stereocenters. The number of para-hydroxylation sites is 1. The summed E-state index contributed by atoms with van der Waals surface area (Å²) in [4.78, 5) is 2.47. The zero-order valence-electron chi connectivity index (χ0n) is 27.8. The Morgan fingerprint density at radius 2 is 1.02 bits per heavy atom. The molecule has 0 aromatic heterocycles. The predicted octanol–water partition coefficient (Wildman–Crippen LogP) is 12.9. The second-order valence-electron chi connectivity index (χ2n) is 13.5. The summed E-state index contributed by atoms with van der Waals surface area (Å²) in [6.07, 6.45) is 6.97. The number of hydrogen-bond donors (Lipinski definition) is 0. The first-order chi connectivity index (χ1) is 24.8. The van der Waals surface area contributed by atoms with E-state index < -0.39 is 0 Å². The van der Waals surface area contributed by atoms with E-state index >= 15 is 0 Å². The molecule has 0 heterocycles. The Kier molecular flexibility index (Phi) is 6.60. The topological polar surface area (TPSA) is 3.24 Å². The van der Waals surface area contributed by atoms with Crippen molar-refractivity contribution in [1.29, 1.82) is 0 Å². The fraction of sp³-hybridized carbons (Fsp3) is 0.0612. The highest BCUT2D eigenvalue weighted by Crippen LogP contribution is 2.64. The van der Waals surface area contributed by atoms with Gasteiger partial charge in [-0.3, -0.25) is 0 Å². The van der Waals surface area contributed by atoms with Crippen LogP contribution in [0.4, 0.5) is 17.1 Å². The van der Waals surface area contributed by atoms with Crippen molar-refractivity contribution in [3.63, 3.8) is 0 Å². The Balaban J connectivity index is 1.25. The summed E-state index contributed by atoms with van der Waals surface area (Å²) < 4.78 is 0. The lowest BCUT2D eigenvalue weighted by molar-refractivity contribution is 0.780. The smallest absolute Gasteiger partial charge is 0.0722 e. The van der Waals surface area contributed by atoms with E-state index in [-0.39, 0.29) is 5.41 Å². The van der Waals surface area contributed by atoms with Crippen LogP contribution >= 0.6 is 0 Å². The van der Waals surface area contributed by atoms with E-state index in [1.807, 2.05) is 0 Å². The molecule has 1 spiro atoms. The first-order valence-corrected chi connectivity index (χ1v) is 17.7. The molecule has 0 radical (unpaired) electrons. The average molecular weight is 638 g/mol. The Morgan fingerprint density at radius 1 is 0.420 bits per heavy atom.